The van der Waals surface area contributed by atoms with E-state index in [0.29, 0.717) is 10.9 Å². The number of hydrogen-bond acceptors (Lipinski definition) is 6. The Labute approximate surface area is 137 Å². The average molecular weight is 326 g/mol. The van der Waals surface area contributed by atoms with Crippen LogP contribution in [0, 0.1) is 0 Å². The van der Waals surface area contributed by atoms with E-state index in [1.54, 1.807) is 25.5 Å². The summed E-state index contributed by atoms with van der Waals surface area (Å²) in [5, 5.41) is 0.678. The van der Waals surface area contributed by atoms with E-state index < -0.39 is 0 Å². The van der Waals surface area contributed by atoms with Crippen molar-refractivity contribution in [3.63, 3.8) is 0 Å². The maximum atomic E-state index is 10.9. The summed E-state index contributed by atoms with van der Waals surface area (Å²) in [4.78, 5) is 19.7. The number of carbonyl (C=O) groups is 1. The van der Waals surface area contributed by atoms with Gasteiger partial charge in [-0.2, -0.15) is 0 Å². The highest BCUT2D eigenvalue weighted by molar-refractivity contribution is 7.22. The molecule has 3 aromatic rings. The van der Waals surface area contributed by atoms with Crippen molar-refractivity contribution in [2.75, 3.05) is 7.11 Å². The zero-order chi connectivity index (χ0) is 16.2. The molecule has 5 nitrogen and oxygen atoms in total. The molecule has 1 heterocycles. The Hall–Kier alpha value is -2.73. The van der Waals surface area contributed by atoms with E-state index in [-0.39, 0.29) is 5.97 Å². The van der Waals surface area contributed by atoms with Crippen molar-refractivity contribution >= 4 is 38.9 Å². The third kappa shape index (κ3) is 3.73. The van der Waals surface area contributed by atoms with Crippen LogP contribution in [0.2, 0.25) is 0 Å². The minimum Gasteiger partial charge on any atom is -0.497 e. The van der Waals surface area contributed by atoms with Crippen LogP contribution in [0.25, 0.3) is 10.2 Å². The summed E-state index contributed by atoms with van der Waals surface area (Å²) >= 11 is 1.50. The highest BCUT2D eigenvalue weighted by Crippen LogP contribution is 2.30. The predicted molar refractivity (Wildman–Crippen MR) is 91.2 cm³/mol. The van der Waals surface area contributed by atoms with Crippen LogP contribution in [0.5, 0.6) is 11.5 Å². The van der Waals surface area contributed by atoms with Crippen LogP contribution in [-0.4, -0.2) is 24.3 Å². The number of hydrogen-bond donors (Lipinski definition) is 0. The minimum atomic E-state index is -0.337. The first-order valence-corrected chi connectivity index (χ1v) is 7.73. The zero-order valence-corrected chi connectivity index (χ0v) is 13.5. The summed E-state index contributed by atoms with van der Waals surface area (Å²) in [6, 6.07) is 12.9. The zero-order valence-electron chi connectivity index (χ0n) is 12.6. The Morgan fingerprint density at radius 2 is 1.91 bits per heavy atom. The van der Waals surface area contributed by atoms with Crippen molar-refractivity contribution in [1.29, 1.82) is 0 Å². The van der Waals surface area contributed by atoms with Gasteiger partial charge in [-0.05, 0) is 48.0 Å². The predicted octanol–water partition coefficient (Wildman–Crippen LogP) is 3.98. The summed E-state index contributed by atoms with van der Waals surface area (Å²) in [6.45, 7) is 1.37. The van der Waals surface area contributed by atoms with E-state index in [0.717, 1.165) is 21.5 Å². The monoisotopic (exact) mass is 326 g/mol. The van der Waals surface area contributed by atoms with Gasteiger partial charge >= 0.3 is 5.97 Å². The quantitative estimate of drug-likeness (QED) is 0.413. The molecule has 0 amide bonds. The van der Waals surface area contributed by atoms with Gasteiger partial charge in [0.2, 0.25) is 5.13 Å². The third-order valence-corrected chi connectivity index (χ3v) is 3.98. The Morgan fingerprint density at radius 1 is 1.17 bits per heavy atom. The van der Waals surface area contributed by atoms with E-state index >= 15 is 0 Å². The maximum absolute atomic E-state index is 10.9. The molecule has 0 saturated carbocycles. The molecule has 0 spiro atoms. The molecule has 3 rings (SSSR count). The number of fused-ring (bicyclic) bond motifs is 1. The SMILES string of the molecule is COc1ccc2nc(/N=C/c3ccc(OC(C)=O)cc3)sc2c1. The molecule has 0 aliphatic heterocycles. The summed E-state index contributed by atoms with van der Waals surface area (Å²) in [7, 11) is 1.64. The molecule has 0 saturated heterocycles. The second-order valence-electron chi connectivity index (χ2n) is 4.75. The summed E-state index contributed by atoms with van der Waals surface area (Å²) in [6.07, 6.45) is 1.73. The van der Waals surface area contributed by atoms with E-state index in [1.165, 1.54) is 18.3 Å². The third-order valence-electron chi connectivity index (χ3n) is 3.05. The molecule has 116 valence electrons. The van der Waals surface area contributed by atoms with Gasteiger partial charge in [-0.25, -0.2) is 9.98 Å². The van der Waals surface area contributed by atoms with Crippen LogP contribution in [0.4, 0.5) is 5.13 Å². The van der Waals surface area contributed by atoms with Crippen molar-refractivity contribution in [1.82, 2.24) is 4.98 Å². The van der Waals surface area contributed by atoms with Gasteiger partial charge in [0.15, 0.2) is 0 Å². The van der Waals surface area contributed by atoms with E-state index in [9.17, 15) is 4.79 Å². The molecule has 2 aromatic carbocycles. The number of benzene rings is 2. The molecule has 0 atom stereocenters. The molecule has 23 heavy (non-hydrogen) atoms. The molecule has 0 N–H and O–H groups in total. The smallest absolute Gasteiger partial charge is 0.308 e. The van der Waals surface area contributed by atoms with Crippen molar-refractivity contribution in [2.24, 2.45) is 4.99 Å². The molecular weight excluding hydrogens is 312 g/mol. The van der Waals surface area contributed by atoms with Gasteiger partial charge in [-0.3, -0.25) is 4.79 Å². The van der Waals surface area contributed by atoms with Crippen LogP contribution >= 0.6 is 11.3 Å². The fraction of sp³-hybridized carbons (Fsp3) is 0.118. The van der Waals surface area contributed by atoms with E-state index in [4.69, 9.17) is 9.47 Å². The molecule has 0 aliphatic carbocycles. The highest BCUT2D eigenvalue weighted by Gasteiger charge is 2.04. The maximum Gasteiger partial charge on any atom is 0.308 e. The minimum absolute atomic E-state index is 0.337. The van der Waals surface area contributed by atoms with Gasteiger partial charge in [0.05, 0.1) is 17.3 Å². The first-order valence-electron chi connectivity index (χ1n) is 6.91. The van der Waals surface area contributed by atoms with Gasteiger partial charge in [0, 0.05) is 13.1 Å². The number of nitrogens with zero attached hydrogens (tertiary/aromatic N) is 2. The van der Waals surface area contributed by atoms with Crippen molar-refractivity contribution in [3.05, 3.63) is 48.0 Å². The first-order chi connectivity index (χ1) is 11.1. The Bertz CT molecular complexity index is 869. The standard InChI is InChI=1S/C17H14N2O3S/c1-11(20)22-13-5-3-12(4-6-13)10-18-17-19-15-8-7-14(21-2)9-16(15)23-17/h3-10H,1-2H3/b18-10+. The summed E-state index contributed by atoms with van der Waals surface area (Å²) in [5.74, 6) is 0.982. The summed E-state index contributed by atoms with van der Waals surface area (Å²) in [5.41, 5.74) is 1.80. The van der Waals surface area contributed by atoms with E-state index in [2.05, 4.69) is 9.98 Å². The van der Waals surface area contributed by atoms with Crippen LogP contribution in [0.1, 0.15) is 12.5 Å². The topological polar surface area (TPSA) is 60.8 Å². The molecule has 0 aliphatic rings. The van der Waals surface area contributed by atoms with Crippen LogP contribution in [0.15, 0.2) is 47.5 Å². The van der Waals surface area contributed by atoms with Crippen LogP contribution in [-0.2, 0) is 4.79 Å². The normalized spacial score (nSPS) is 11.0. The molecule has 0 radical (unpaired) electrons. The Morgan fingerprint density at radius 3 is 2.61 bits per heavy atom. The Kier molecular flexibility index (Phi) is 4.34. The van der Waals surface area contributed by atoms with Gasteiger partial charge in [-0.1, -0.05) is 11.3 Å². The van der Waals surface area contributed by atoms with Gasteiger partial charge < -0.3 is 9.47 Å². The fourth-order valence-electron chi connectivity index (χ4n) is 1.99. The lowest BCUT2D eigenvalue weighted by Crippen LogP contribution is -2.00. The number of aliphatic imine (C=N–C) groups is 1. The van der Waals surface area contributed by atoms with Crippen molar-refractivity contribution in [3.8, 4) is 11.5 Å². The van der Waals surface area contributed by atoms with Gasteiger partial charge in [-0.15, -0.1) is 0 Å². The highest BCUT2D eigenvalue weighted by atomic mass is 32.1. The second kappa shape index (κ2) is 6.58. The van der Waals surface area contributed by atoms with Crippen molar-refractivity contribution < 1.29 is 14.3 Å². The number of carbonyl (C=O) groups excluding carboxylic acids is 1. The summed E-state index contributed by atoms with van der Waals surface area (Å²) < 4.78 is 11.2. The van der Waals surface area contributed by atoms with Gasteiger partial charge in [0.1, 0.15) is 11.5 Å². The Balaban J connectivity index is 1.78. The first kappa shape index (κ1) is 15.2. The average Bonchev–Trinajstić information content (AvgIpc) is 2.95. The lowest BCUT2D eigenvalue weighted by molar-refractivity contribution is -0.131. The molecule has 0 bridgehead atoms. The van der Waals surface area contributed by atoms with E-state index in [1.807, 2.05) is 30.3 Å². The number of ether oxygens (including phenoxy) is 2. The number of thiazole rings is 1. The second-order valence-corrected chi connectivity index (χ2v) is 5.76. The number of rotatable bonds is 4. The largest absolute Gasteiger partial charge is 0.497 e. The molecule has 1 aromatic heterocycles. The number of esters is 1. The van der Waals surface area contributed by atoms with Crippen LogP contribution < -0.4 is 9.47 Å². The lowest BCUT2D eigenvalue weighted by atomic mass is 10.2. The fourth-order valence-corrected chi connectivity index (χ4v) is 2.83. The molecule has 0 unspecified atom stereocenters. The number of aromatic nitrogens is 1. The number of methoxy groups -OCH3 is 1. The van der Waals surface area contributed by atoms with Crippen LogP contribution in [0.3, 0.4) is 0 Å². The molecular formula is C17H14N2O3S. The lowest BCUT2D eigenvalue weighted by Gasteiger charge is -2.00. The molecule has 0 fully saturated rings. The van der Waals surface area contributed by atoms with Gasteiger partial charge in [0.25, 0.3) is 0 Å². The molecule has 6 heteroatoms. The van der Waals surface area contributed by atoms with Crippen molar-refractivity contribution in [2.45, 2.75) is 6.92 Å².